The molecular formula is C16H16N2O3. The van der Waals surface area contributed by atoms with Crippen LogP contribution >= 0.6 is 0 Å². The molecule has 0 heterocycles. The van der Waals surface area contributed by atoms with Gasteiger partial charge in [-0.15, -0.1) is 0 Å². The fourth-order valence-electron chi connectivity index (χ4n) is 1.89. The summed E-state index contributed by atoms with van der Waals surface area (Å²) in [6.45, 7) is 0. The number of carbonyl (C=O) groups is 2. The summed E-state index contributed by atoms with van der Waals surface area (Å²) in [5.74, 6) is 0.411. The van der Waals surface area contributed by atoms with E-state index < -0.39 is 0 Å². The standard InChI is InChI=1S/C16H16N2O3/c1-17-16(20)18-12-9-7-11(8-10-12)15(19)13-5-3-4-6-14(13)21-2/h3-10H,1-2H3,(H2,17,18,20). The highest BCUT2D eigenvalue weighted by Crippen LogP contribution is 2.21. The molecule has 5 nitrogen and oxygen atoms in total. The molecule has 2 amide bonds. The van der Waals surface area contributed by atoms with E-state index in [9.17, 15) is 9.59 Å². The van der Waals surface area contributed by atoms with Crippen molar-refractivity contribution in [3.05, 3.63) is 59.7 Å². The number of nitrogens with one attached hydrogen (secondary N) is 2. The Hall–Kier alpha value is -2.82. The fourth-order valence-corrected chi connectivity index (χ4v) is 1.89. The third-order valence-electron chi connectivity index (χ3n) is 2.98. The SMILES string of the molecule is CNC(=O)Nc1ccc(C(=O)c2ccccc2OC)cc1. The van der Waals surface area contributed by atoms with Gasteiger partial charge in [-0.3, -0.25) is 4.79 Å². The monoisotopic (exact) mass is 284 g/mol. The minimum atomic E-state index is -0.307. The molecule has 0 aromatic heterocycles. The zero-order chi connectivity index (χ0) is 15.2. The molecule has 0 saturated carbocycles. The maximum Gasteiger partial charge on any atom is 0.318 e. The summed E-state index contributed by atoms with van der Waals surface area (Å²) in [7, 11) is 3.07. The van der Waals surface area contributed by atoms with Crippen LogP contribution in [0, 0.1) is 0 Å². The lowest BCUT2D eigenvalue weighted by Gasteiger charge is -2.08. The fraction of sp³-hybridized carbons (Fsp3) is 0.125. The van der Waals surface area contributed by atoms with Crippen molar-refractivity contribution in [2.75, 3.05) is 19.5 Å². The van der Waals surface area contributed by atoms with E-state index in [4.69, 9.17) is 4.74 Å². The van der Waals surface area contributed by atoms with Crippen molar-refractivity contribution in [3.8, 4) is 5.75 Å². The van der Waals surface area contributed by atoms with Gasteiger partial charge in [-0.25, -0.2) is 4.79 Å². The van der Waals surface area contributed by atoms with Crippen molar-refractivity contribution < 1.29 is 14.3 Å². The van der Waals surface area contributed by atoms with Gasteiger partial charge in [0.15, 0.2) is 5.78 Å². The third kappa shape index (κ3) is 3.39. The molecule has 2 N–H and O–H groups in total. The van der Waals surface area contributed by atoms with Gasteiger partial charge >= 0.3 is 6.03 Å². The quantitative estimate of drug-likeness (QED) is 0.848. The second-order valence-corrected chi connectivity index (χ2v) is 4.31. The summed E-state index contributed by atoms with van der Waals surface area (Å²) in [6, 6.07) is 13.4. The highest BCUT2D eigenvalue weighted by atomic mass is 16.5. The number of anilines is 1. The average Bonchev–Trinajstić information content (AvgIpc) is 2.54. The van der Waals surface area contributed by atoms with Gasteiger partial charge in [-0.1, -0.05) is 12.1 Å². The smallest absolute Gasteiger partial charge is 0.318 e. The van der Waals surface area contributed by atoms with E-state index >= 15 is 0 Å². The van der Waals surface area contributed by atoms with Gasteiger partial charge < -0.3 is 15.4 Å². The van der Waals surface area contributed by atoms with E-state index in [1.54, 1.807) is 42.5 Å². The number of benzene rings is 2. The molecule has 0 fully saturated rings. The Morgan fingerprint density at radius 3 is 2.29 bits per heavy atom. The Labute approximate surface area is 122 Å². The number of urea groups is 1. The van der Waals surface area contributed by atoms with Gasteiger partial charge in [-0.05, 0) is 36.4 Å². The molecule has 2 aromatic rings. The van der Waals surface area contributed by atoms with E-state index in [0.717, 1.165) is 0 Å². The lowest BCUT2D eigenvalue weighted by atomic mass is 10.0. The molecule has 0 spiro atoms. The van der Waals surface area contributed by atoms with Crippen LogP contribution in [0.15, 0.2) is 48.5 Å². The van der Waals surface area contributed by atoms with Crippen LogP contribution in [0.1, 0.15) is 15.9 Å². The number of rotatable bonds is 4. The van der Waals surface area contributed by atoms with Gasteiger partial charge in [0.05, 0.1) is 12.7 Å². The normalized spacial score (nSPS) is 9.81. The number of amides is 2. The van der Waals surface area contributed by atoms with Crippen LogP contribution in [0.25, 0.3) is 0 Å². The number of hydrogen-bond donors (Lipinski definition) is 2. The Bertz CT molecular complexity index is 651. The van der Waals surface area contributed by atoms with Crippen molar-refractivity contribution in [2.24, 2.45) is 0 Å². The molecule has 0 aliphatic heterocycles. The van der Waals surface area contributed by atoms with Crippen LogP contribution in [0.4, 0.5) is 10.5 Å². The predicted octanol–water partition coefficient (Wildman–Crippen LogP) is 2.68. The minimum Gasteiger partial charge on any atom is -0.496 e. The number of ketones is 1. The van der Waals surface area contributed by atoms with Crippen LogP contribution in [0.3, 0.4) is 0 Å². The van der Waals surface area contributed by atoms with Gasteiger partial charge in [0.2, 0.25) is 0 Å². The molecule has 0 saturated heterocycles. The summed E-state index contributed by atoms with van der Waals surface area (Å²) in [6.07, 6.45) is 0. The Morgan fingerprint density at radius 2 is 1.67 bits per heavy atom. The molecule has 21 heavy (non-hydrogen) atoms. The topological polar surface area (TPSA) is 67.4 Å². The number of ether oxygens (including phenoxy) is 1. The first-order valence-corrected chi connectivity index (χ1v) is 6.42. The van der Waals surface area contributed by atoms with Gasteiger partial charge in [-0.2, -0.15) is 0 Å². The molecule has 0 aliphatic carbocycles. The molecule has 108 valence electrons. The molecule has 0 radical (unpaired) electrons. The van der Waals surface area contributed by atoms with Crippen molar-refractivity contribution >= 4 is 17.5 Å². The highest BCUT2D eigenvalue weighted by Gasteiger charge is 2.13. The summed E-state index contributed by atoms with van der Waals surface area (Å²) >= 11 is 0. The molecule has 2 rings (SSSR count). The molecule has 0 aliphatic rings. The molecule has 0 bridgehead atoms. The van der Waals surface area contributed by atoms with E-state index in [-0.39, 0.29) is 11.8 Å². The predicted molar refractivity (Wildman–Crippen MR) is 80.9 cm³/mol. The van der Waals surface area contributed by atoms with Crippen LogP contribution in [-0.2, 0) is 0 Å². The minimum absolute atomic E-state index is 0.126. The van der Waals surface area contributed by atoms with Gasteiger partial charge in [0, 0.05) is 18.3 Å². The van der Waals surface area contributed by atoms with Crippen LogP contribution < -0.4 is 15.4 Å². The largest absolute Gasteiger partial charge is 0.496 e. The second kappa shape index (κ2) is 6.56. The molecular weight excluding hydrogens is 268 g/mol. The summed E-state index contributed by atoms with van der Waals surface area (Å²) in [5.41, 5.74) is 1.65. The van der Waals surface area contributed by atoms with Crippen LogP contribution in [0.2, 0.25) is 0 Å². The lowest BCUT2D eigenvalue weighted by molar-refractivity contribution is 0.103. The van der Waals surface area contributed by atoms with E-state index in [1.165, 1.54) is 14.2 Å². The van der Waals surface area contributed by atoms with Crippen LogP contribution in [0.5, 0.6) is 5.75 Å². The number of carbonyl (C=O) groups excluding carboxylic acids is 2. The van der Waals surface area contributed by atoms with E-state index in [0.29, 0.717) is 22.6 Å². The van der Waals surface area contributed by atoms with Crippen molar-refractivity contribution in [2.45, 2.75) is 0 Å². The lowest BCUT2D eigenvalue weighted by Crippen LogP contribution is -2.24. The highest BCUT2D eigenvalue weighted by molar-refractivity contribution is 6.10. The van der Waals surface area contributed by atoms with E-state index in [1.807, 2.05) is 6.07 Å². The maximum absolute atomic E-state index is 12.4. The first-order chi connectivity index (χ1) is 10.2. The first kappa shape index (κ1) is 14.6. The molecule has 0 unspecified atom stereocenters. The third-order valence-corrected chi connectivity index (χ3v) is 2.98. The molecule has 5 heteroatoms. The molecule has 0 atom stereocenters. The zero-order valence-corrected chi connectivity index (χ0v) is 11.8. The zero-order valence-electron chi connectivity index (χ0n) is 11.8. The number of methoxy groups -OCH3 is 1. The van der Waals surface area contributed by atoms with Crippen molar-refractivity contribution in [1.29, 1.82) is 0 Å². The Morgan fingerprint density at radius 1 is 1.00 bits per heavy atom. The van der Waals surface area contributed by atoms with Crippen molar-refractivity contribution in [1.82, 2.24) is 5.32 Å². The second-order valence-electron chi connectivity index (χ2n) is 4.31. The number of hydrogen-bond acceptors (Lipinski definition) is 3. The molecule has 2 aromatic carbocycles. The van der Waals surface area contributed by atoms with Gasteiger partial charge in [0.1, 0.15) is 5.75 Å². The summed E-state index contributed by atoms with van der Waals surface area (Å²) in [4.78, 5) is 23.6. The van der Waals surface area contributed by atoms with Gasteiger partial charge in [0.25, 0.3) is 0 Å². The van der Waals surface area contributed by atoms with E-state index in [2.05, 4.69) is 10.6 Å². The van der Waals surface area contributed by atoms with Crippen molar-refractivity contribution in [3.63, 3.8) is 0 Å². The Balaban J connectivity index is 2.22. The van der Waals surface area contributed by atoms with Crippen LogP contribution in [-0.4, -0.2) is 26.0 Å². The average molecular weight is 284 g/mol. The summed E-state index contributed by atoms with van der Waals surface area (Å²) < 4.78 is 5.19. The first-order valence-electron chi connectivity index (χ1n) is 6.42. The Kier molecular flexibility index (Phi) is 4.56. The maximum atomic E-state index is 12.4. The number of para-hydroxylation sites is 1. The summed E-state index contributed by atoms with van der Waals surface area (Å²) in [5, 5.41) is 5.09.